The second-order valence-corrected chi connectivity index (χ2v) is 11.0. The van der Waals surface area contributed by atoms with Gasteiger partial charge >= 0.3 is 5.97 Å². The lowest BCUT2D eigenvalue weighted by Crippen LogP contribution is -2.17. The van der Waals surface area contributed by atoms with Crippen LogP contribution in [0.4, 0.5) is 11.4 Å². The van der Waals surface area contributed by atoms with E-state index in [4.69, 9.17) is 33.2 Å². The number of amides is 1. The Morgan fingerprint density at radius 1 is 0.644 bits per heavy atom. The highest BCUT2D eigenvalue weighted by molar-refractivity contribution is 6.08. The topological polar surface area (TPSA) is 123 Å². The molecule has 0 heterocycles. The molecular formula is C34H44N2O9. The van der Waals surface area contributed by atoms with Crippen LogP contribution in [0.15, 0.2) is 42.5 Å². The number of hydrogen-bond donors (Lipinski definition) is 2. The fourth-order valence-electron chi connectivity index (χ4n) is 4.27. The van der Waals surface area contributed by atoms with Crippen LogP contribution >= 0.6 is 0 Å². The van der Waals surface area contributed by atoms with Crippen LogP contribution in [-0.4, -0.2) is 60.6 Å². The highest BCUT2D eigenvalue weighted by Gasteiger charge is 2.23. The zero-order valence-corrected chi connectivity index (χ0v) is 27.5. The molecule has 3 aromatic carbocycles. The van der Waals surface area contributed by atoms with Crippen LogP contribution in [0, 0.1) is 11.8 Å². The van der Waals surface area contributed by atoms with Crippen LogP contribution in [0.25, 0.3) is 0 Å². The summed E-state index contributed by atoms with van der Waals surface area (Å²) < 4.78 is 38.9. The Morgan fingerprint density at radius 2 is 1.24 bits per heavy atom. The van der Waals surface area contributed by atoms with Gasteiger partial charge in [-0.2, -0.15) is 0 Å². The highest BCUT2D eigenvalue weighted by Crippen LogP contribution is 2.38. The summed E-state index contributed by atoms with van der Waals surface area (Å²) in [5, 5.41) is 6.27. The second kappa shape index (κ2) is 16.3. The molecule has 11 nitrogen and oxygen atoms in total. The molecule has 0 fully saturated rings. The molecule has 2 N–H and O–H groups in total. The number of carbonyl (C=O) groups excluding carboxylic acids is 2. The monoisotopic (exact) mass is 624 g/mol. The van der Waals surface area contributed by atoms with E-state index < -0.39 is 11.9 Å². The van der Waals surface area contributed by atoms with Crippen LogP contribution in [0.1, 0.15) is 54.0 Å². The van der Waals surface area contributed by atoms with Crippen molar-refractivity contribution in [3.05, 3.63) is 59.2 Å². The Morgan fingerprint density at radius 3 is 1.82 bits per heavy atom. The summed E-state index contributed by atoms with van der Waals surface area (Å²) in [6, 6.07) is 11.9. The van der Waals surface area contributed by atoms with Gasteiger partial charge in [0, 0.05) is 30.3 Å². The van der Waals surface area contributed by atoms with Gasteiger partial charge in [-0.25, -0.2) is 4.79 Å². The lowest BCUT2D eigenvalue weighted by molar-refractivity contribution is 0.0596. The molecule has 3 rings (SSSR count). The van der Waals surface area contributed by atoms with Crippen molar-refractivity contribution in [1.82, 2.24) is 0 Å². The molecule has 45 heavy (non-hydrogen) atoms. The summed E-state index contributed by atoms with van der Waals surface area (Å²) in [6.07, 6.45) is 0. The number of ether oxygens (including phenoxy) is 7. The molecule has 0 saturated heterocycles. The summed E-state index contributed by atoms with van der Waals surface area (Å²) in [5.74, 6) is 2.06. The molecule has 0 spiro atoms. The average molecular weight is 625 g/mol. The van der Waals surface area contributed by atoms with E-state index >= 15 is 0 Å². The van der Waals surface area contributed by atoms with Gasteiger partial charge in [0.2, 0.25) is 0 Å². The van der Waals surface area contributed by atoms with Crippen molar-refractivity contribution >= 4 is 23.3 Å². The maximum absolute atomic E-state index is 13.9. The fourth-order valence-corrected chi connectivity index (χ4v) is 4.27. The van der Waals surface area contributed by atoms with Crippen LogP contribution in [0.3, 0.4) is 0 Å². The number of anilines is 2. The summed E-state index contributed by atoms with van der Waals surface area (Å²) in [6.45, 7) is 9.34. The van der Waals surface area contributed by atoms with Gasteiger partial charge < -0.3 is 43.8 Å². The number of nitrogens with one attached hydrogen (secondary N) is 2. The maximum Gasteiger partial charge on any atom is 0.341 e. The second-order valence-electron chi connectivity index (χ2n) is 11.0. The molecule has 0 radical (unpaired) electrons. The third kappa shape index (κ3) is 9.10. The standard InChI is InChI=1S/C34H44N2O9/c1-20(2)18-44-30-16-32(45-19-21(3)4)26(35-17-22-10-11-23(39-5)12-28(22)40-6)13-24(30)33(37)36-27-14-25(34(38)43-9)29(41-7)15-31(27)42-8/h10-16,20-21,35H,17-19H2,1-9H3,(H,36,37). The number of benzene rings is 3. The van der Waals surface area contributed by atoms with Gasteiger partial charge in [-0.05, 0) is 36.1 Å². The van der Waals surface area contributed by atoms with Crippen molar-refractivity contribution in [2.45, 2.75) is 34.2 Å². The third-order valence-electron chi connectivity index (χ3n) is 6.61. The number of rotatable bonds is 16. The average Bonchev–Trinajstić information content (AvgIpc) is 3.04. The SMILES string of the molecule is COC(=O)c1cc(NC(=O)c2cc(NCc3ccc(OC)cc3OC)c(OCC(C)C)cc2OCC(C)C)c(OC)cc1OC. The van der Waals surface area contributed by atoms with Crippen molar-refractivity contribution in [3.63, 3.8) is 0 Å². The van der Waals surface area contributed by atoms with Crippen molar-refractivity contribution in [3.8, 4) is 34.5 Å². The first-order chi connectivity index (χ1) is 21.5. The molecule has 0 saturated carbocycles. The van der Waals surface area contributed by atoms with E-state index in [1.54, 1.807) is 32.4 Å². The number of carbonyl (C=O) groups is 2. The van der Waals surface area contributed by atoms with E-state index in [9.17, 15) is 9.59 Å². The predicted molar refractivity (Wildman–Crippen MR) is 173 cm³/mol. The Kier molecular flexibility index (Phi) is 12.6. The molecule has 0 aromatic heterocycles. The smallest absolute Gasteiger partial charge is 0.341 e. The third-order valence-corrected chi connectivity index (χ3v) is 6.61. The summed E-state index contributed by atoms with van der Waals surface area (Å²) in [4.78, 5) is 26.4. The minimum Gasteiger partial charge on any atom is -0.497 e. The van der Waals surface area contributed by atoms with Crippen LogP contribution in [0.5, 0.6) is 34.5 Å². The first-order valence-corrected chi connectivity index (χ1v) is 14.6. The molecule has 0 aliphatic rings. The Balaban J connectivity index is 2.08. The maximum atomic E-state index is 13.9. The van der Waals surface area contributed by atoms with Crippen LogP contribution in [-0.2, 0) is 11.3 Å². The van der Waals surface area contributed by atoms with E-state index in [-0.39, 0.29) is 34.4 Å². The van der Waals surface area contributed by atoms with E-state index in [0.29, 0.717) is 54.2 Å². The summed E-state index contributed by atoms with van der Waals surface area (Å²) in [5.41, 5.74) is 2.07. The van der Waals surface area contributed by atoms with E-state index in [0.717, 1.165) is 5.56 Å². The summed E-state index contributed by atoms with van der Waals surface area (Å²) >= 11 is 0. The molecule has 0 aliphatic carbocycles. The lowest BCUT2D eigenvalue weighted by atomic mass is 10.1. The number of esters is 1. The van der Waals surface area contributed by atoms with Crippen LogP contribution < -0.4 is 39.1 Å². The summed E-state index contributed by atoms with van der Waals surface area (Å²) in [7, 11) is 7.34. The predicted octanol–water partition coefficient (Wildman–Crippen LogP) is 6.44. The van der Waals surface area contributed by atoms with Crippen LogP contribution in [0.2, 0.25) is 0 Å². The molecule has 0 aliphatic heterocycles. The normalized spacial score (nSPS) is 10.7. The van der Waals surface area contributed by atoms with Crippen molar-refractivity contribution < 1.29 is 42.7 Å². The fraction of sp³-hybridized carbons (Fsp3) is 0.412. The zero-order valence-electron chi connectivity index (χ0n) is 27.5. The van der Waals surface area contributed by atoms with Gasteiger partial charge in [-0.15, -0.1) is 0 Å². The molecule has 3 aromatic rings. The zero-order chi connectivity index (χ0) is 33.1. The molecular weight excluding hydrogens is 580 g/mol. The quantitative estimate of drug-likeness (QED) is 0.172. The lowest BCUT2D eigenvalue weighted by Gasteiger charge is -2.21. The largest absolute Gasteiger partial charge is 0.497 e. The Labute approximate surface area is 265 Å². The Bertz CT molecular complexity index is 1470. The highest BCUT2D eigenvalue weighted by atomic mass is 16.5. The molecule has 0 atom stereocenters. The minimum atomic E-state index is -0.627. The van der Waals surface area contributed by atoms with Gasteiger partial charge in [0.1, 0.15) is 40.1 Å². The van der Waals surface area contributed by atoms with Crippen molar-refractivity contribution in [1.29, 1.82) is 0 Å². The molecule has 0 bridgehead atoms. The van der Waals surface area contributed by atoms with Crippen molar-refractivity contribution in [2.24, 2.45) is 11.8 Å². The van der Waals surface area contributed by atoms with E-state index in [1.165, 1.54) is 33.5 Å². The first kappa shape index (κ1) is 34.7. The van der Waals surface area contributed by atoms with Gasteiger partial charge in [-0.1, -0.05) is 27.7 Å². The van der Waals surface area contributed by atoms with Gasteiger partial charge in [0.25, 0.3) is 5.91 Å². The number of methoxy groups -OCH3 is 5. The first-order valence-electron chi connectivity index (χ1n) is 14.6. The van der Waals surface area contributed by atoms with Crippen molar-refractivity contribution in [2.75, 3.05) is 59.4 Å². The minimum absolute atomic E-state index is 0.126. The molecule has 1 amide bonds. The molecule has 244 valence electrons. The van der Waals surface area contributed by atoms with E-state index in [2.05, 4.69) is 24.5 Å². The van der Waals surface area contributed by atoms with Gasteiger partial charge in [0.05, 0.1) is 65.7 Å². The number of hydrogen-bond acceptors (Lipinski definition) is 10. The van der Waals surface area contributed by atoms with Gasteiger partial charge in [0.15, 0.2) is 0 Å². The Hall–Kier alpha value is -4.80. The van der Waals surface area contributed by atoms with E-state index in [1.807, 2.05) is 26.0 Å². The molecule has 0 unspecified atom stereocenters. The molecule has 11 heteroatoms. The van der Waals surface area contributed by atoms with Gasteiger partial charge in [-0.3, -0.25) is 4.79 Å².